The molecule has 1 fully saturated rings. The fourth-order valence-electron chi connectivity index (χ4n) is 2.11. The molecule has 1 aliphatic heterocycles. The Balaban J connectivity index is 1.93. The van der Waals surface area contributed by atoms with Crippen molar-refractivity contribution in [2.24, 2.45) is 0 Å². The molecule has 94 valence electrons. The van der Waals surface area contributed by atoms with Gasteiger partial charge in [-0.15, -0.1) is 0 Å². The number of sulfone groups is 1. The van der Waals surface area contributed by atoms with Crippen LogP contribution in [0.2, 0.25) is 0 Å². The van der Waals surface area contributed by atoms with E-state index in [1.165, 1.54) is 5.56 Å². The molecule has 0 bridgehead atoms. The SMILES string of the molecule is CCc1ccc(NC2CCS(=O)(=O)CC2)cc1. The van der Waals surface area contributed by atoms with Crippen molar-refractivity contribution in [1.29, 1.82) is 0 Å². The number of aryl methyl sites for hydroxylation is 1. The van der Waals surface area contributed by atoms with Crippen molar-refractivity contribution in [2.45, 2.75) is 32.2 Å². The maximum absolute atomic E-state index is 11.3. The smallest absolute Gasteiger partial charge is 0.150 e. The fourth-order valence-corrected chi connectivity index (χ4v) is 3.60. The van der Waals surface area contributed by atoms with Gasteiger partial charge in [0.1, 0.15) is 9.84 Å². The summed E-state index contributed by atoms with van der Waals surface area (Å²) < 4.78 is 22.6. The number of hydrogen-bond donors (Lipinski definition) is 1. The summed E-state index contributed by atoms with van der Waals surface area (Å²) in [4.78, 5) is 0. The van der Waals surface area contributed by atoms with Gasteiger partial charge < -0.3 is 5.32 Å². The first kappa shape index (κ1) is 12.4. The Bertz CT molecular complexity index is 451. The first-order chi connectivity index (χ1) is 8.09. The monoisotopic (exact) mass is 253 g/mol. The van der Waals surface area contributed by atoms with Crippen LogP contribution in [0.3, 0.4) is 0 Å². The zero-order valence-electron chi connectivity index (χ0n) is 10.1. The van der Waals surface area contributed by atoms with Gasteiger partial charge in [0, 0.05) is 11.7 Å². The van der Waals surface area contributed by atoms with E-state index in [0.717, 1.165) is 24.9 Å². The minimum atomic E-state index is -2.76. The van der Waals surface area contributed by atoms with Crippen molar-refractivity contribution in [3.8, 4) is 0 Å². The van der Waals surface area contributed by atoms with Crippen LogP contribution in [0.25, 0.3) is 0 Å². The van der Waals surface area contributed by atoms with Gasteiger partial charge in [-0.25, -0.2) is 8.42 Å². The molecule has 1 heterocycles. The third-order valence-electron chi connectivity index (χ3n) is 3.29. The second-order valence-corrected chi connectivity index (χ2v) is 6.92. The lowest BCUT2D eigenvalue weighted by Gasteiger charge is -2.24. The highest BCUT2D eigenvalue weighted by Crippen LogP contribution is 2.18. The Morgan fingerprint density at radius 2 is 1.76 bits per heavy atom. The standard InChI is InChI=1S/C13H19NO2S/c1-2-11-3-5-12(6-4-11)14-13-7-9-17(15,16)10-8-13/h3-6,13-14H,2,7-10H2,1H3. The van der Waals surface area contributed by atoms with E-state index in [1.54, 1.807) is 0 Å². The van der Waals surface area contributed by atoms with E-state index in [1.807, 2.05) is 0 Å². The highest BCUT2D eigenvalue weighted by molar-refractivity contribution is 7.91. The van der Waals surface area contributed by atoms with Gasteiger partial charge in [0.05, 0.1) is 11.5 Å². The lowest BCUT2D eigenvalue weighted by atomic mass is 10.1. The molecule has 1 saturated heterocycles. The van der Waals surface area contributed by atoms with E-state index < -0.39 is 9.84 Å². The zero-order valence-corrected chi connectivity index (χ0v) is 11.0. The third-order valence-corrected chi connectivity index (χ3v) is 5.00. The first-order valence-electron chi connectivity index (χ1n) is 6.15. The number of anilines is 1. The van der Waals surface area contributed by atoms with Gasteiger partial charge in [-0.2, -0.15) is 0 Å². The Morgan fingerprint density at radius 1 is 1.18 bits per heavy atom. The summed E-state index contributed by atoms with van der Waals surface area (Å²) in [6.07, 6.45) is 2.48. The van der Waals surface area contributed by atoms with Crippen LogP contribution in [-0.2, 0) is 16.3 Å². The molecule has 0 spiro atoms. The molecule has 0 atom stereocenters. The van der Waals surface area contributed by atoms with E-state index in [9.17, 15) is 8.42 Å². The van der Waals surface area contributed by atoms with Gasteiger partial charge >= 0.3 is 0 Å². The van der Waals surface area contributed by atoms with Crippen LogP contribution in [0.1, 0.15) is 25.3 Å². The fraction of sp³-hybridized carbons (Fsp3) is 0.538. The Hall–Kier alpha value is -1.03. The van der Waals surface area contributed by atoms with Crippen LogP contribution in [0, 0.1) is 0 Å². The predicted molar refractivity (Wildman–Crippen MR) is 71.1 cm³/mol. The molecule has 0 radical (unpaired) electrons. The predicted octanol–water partition coefficient (Wildman–Crippen LogP) is 2.24. The minimum absolute atomic E-state index is 0.297. The van der Waals surface area contributed by atoms with Crippen LogP contribution < -0.4 is 5.32 Å². The molecule has 0 saturated carbocycles. The number of benzene rings is 1. The van der Waals surface area contributed by atoms with Crippen LogP contribution >= 0.6 is 0 Å². The van der Waals surface area contributed by atoms with E-state index in [-0.39, 0.29) is 0 Å². The van der Waals surface area contributed by atoms with Crippen molar-refractivity contribution >= 4 is 15.5 Å². The molecule has 4 heteroatoms. The average molecular weight is 253 g/mol. The summed E-state index contributed by atoms with van der Waals surface area (Å²) >= 11 is 0. The molecule has 0 aromatic heterocycles. The lowest BCUT2D eigenvalue weighted by Crippen LogP contribution is -2.32. The molecule has 2 rings (SSSR count). The number of nitrogens with one attached hydrogen (secondary N) is 1. The van der Waals surface area contributed by atoms with Gasteiger partial charge in [-0.3, -0.25) is 0 Å². The van der Waals surface area contributed by atoms with Gasteiger partial charge in [0.2, 0.25) is 0 Å². The molecule has 1 N–H and O–H groups in total. The summed E-state index contributed by atoms with van der Waals surface area (Å²) in [6.45, 7) is 2.13. The molecule has 0 amide bonds. The van der Waals surface area contributed by atoms with Gasteiger partial charge in [0.15, 0.2) is 0 Å². The summed E-state index contributed by atoms with van der Waals surface area (Å²) in [6, 6.07) is 8.67. The topological polar surface area (TPSA) is 46.2 Å². The normalized spacial score (nSPS) is 20.1. The van der Waals surface area contributed by atoms with Gasteiger partial charge in [-0.1, -0.05) is 19.1 Å². The van der Waals surface area contributed by atoms with Gasteiger partial charge in [-0.05, 0) is 37.0 Å². The van der Waals surface area contributed by atoms with E-state index in [2.05, 4.69) is 36.5 Å². The highest BCUT2D eigenvalue weighted by Gasteiger charge is 2.23. The van der Waals surface area contributed by atoms with Crippen molar-refractivity contribution in [3.63, 3.8) is 0 Å². The lowest BCUT2D eigenvalue weighted by molar-refractivity contribution is 0.559. The summed E-state index contributed by atoms with van der Waals surface area (Å²) in [5, 5.41) is 3.41. The second kappa shape index (κ2) is 5.08. The van der Waals surface area contributed by atoms with Crippen molar-refractivity contribution < 1.29 is 8.42 Å². The van der Waals surface area contributed by atoms with E-state index in [4.69, 9.17) is 0 Å². The maximum atomic E-state index is 11.3. The molecular formula is C13H19NO2S. The summed E-state index contributed by atoms with van der Waals surface area (Å²) in [5.74, 6) is 0.634. The van der Waals surface area contributed by atoms with Crippen molar-refractivity contribution in [3.05, 3.63) is 29.8 Å². The van der Waals surface area contributed by atoms with E-state index >= 15 is 0 Å². The largest absolute Gasteiger partial charge is 0.382 e. The van der Waals surface area contributed by atoms with Crippen LogP contribution in [-0.4, -0.2) is 26.0 Å². The molecule has 1 aromatic rings. The van der Waals surface area contributed by atoms with Crippen LogP contribution in [0.15, 0.2) is 24.3 Å². The second-order valence-electron chi connectivity index (χ2n) is 4.62. The van der Waals surface area contributed by atoms with Crippen LogP contribution in [0.4, 0.5) is 5.69 Å². The number of hydrogen-bond acceptors (Lipinski definition) is 3. The van der Waals surface area contributed by atoms with Gasteiger partial charge in [0.25, 0.3) is 0 Å². The number of rotatable bonds is 3. The Labute approximate surface area is 103 Å². The van der Waals surface area contributed by atoms with Crippen LogP contribution in [0.5, 0.6) is 0 Å². The minimum Gasteiger partial charge on any atom is -0.382 e. The molecule has 3 nitrogen and oxygen atoms in total. The molecule has 1 aliphatic rings. The van der Waals surface area contributed by atoms with Crippen molar-refractivity contribution in [2.75, 3.05) is 16.8 Å². The summed E-state index contributed by atoms with van der Waals surface area (Å²) in [7, 11) is -2.76. The zero-order chi connectivity index (χ0) is 12.3. The molecule has 0 unspecified atom stereocenters. The quantitative estimate of drug-likeness (QED) is 0.898. The average Bonchev–Trinajstić information content (AvgIpc) is 2.33. The third kappa shape index (κ3) is 3.46. The Kier molecular flexibility index (Phi) is 3.72. The highest BCUT2D eigenvalue weighted by atomic mass is 32.2. The Morgan fingerprint density at radius 3 is 2.29 bits per heavy atom. The van der Waals surface area contributed by atoms with Crippen molar-refractivity contribution in [1.82, 2.24) is 0 Å². The first-order valence-corrected chi connectivity index (χ1v) is 7.97. The maximum Gasteiger partial charge on any atom is 0.150 e. The molecular weight excluding hydrogens is 234 g/mol. The summed E-state index contributed by atoms with van der Waals surface area (Å²) in [5.41, 5.74) is 2.41. The van der Waals surface area contributed by atoms with E-state index in [0.29, 0.717) is 17.5 Å². The molecule has 17 heavy (non-hydrogen) atoms. The molecule has 0 aliphatic carbocycles. The molecule has 1 aromatic carbocycles.